The van der Waals surface area contributed by atoms with Crippen LogP contribution in [0.25, 0.3) is 0 Å². The molecule has 0 fully saturated rings. The molecular weight excluding hydrogens is 176 g/mol. The maximum absolute atomic E-state index is 9.53. The van der Waals surface area contributed by atoms with Gasteiger partial charge < -0.3 is 5.11 Å². The van der Waals surface area contributed by atoms with Crippen molar-refractivity contribution in [3.63, 3.8) is 0 Å². The highest BCUT2D eigenvalue weighted by molar-refractivity contribution is 6.30. The first-order valence-corrected chi connectivity index (χ1v) is 4.26. The number of aromatic nitrogens is 2. The van der Waals surface area contributed by atoms with E-state index in [0.717, 1.165) is 5.56 Å². The third-order valence-electron chi connectivity index (χ3n) is 2.25. The quantitative estimate of drug-likeness (QED) is 0.624. The molecule has 0 amide bonds. The Morgan fingerprint density at radius 1 is 1.58 bits per heavy atom. The summed E-state index contributed by atoms with van der Waals surface area (Å²) in [7, 11) is 0. The number of halogens is 1. The molecule has 0 radical (unpaired) electrons. The fourth-order valence-corrected chi connectivity index (χ4v) is 2.00. The van der Waals surface area contributed by atoms with E-state index in [1.165, 1.54) is 6.33 Å². The van der Waals surface area contributed by atoms with Gasteiger partial charge in [0.25, 0.3) is 0 Å². The molecule has 2 rings (SSSR count). The van der Waals surface area contributed by atoms with Crippen molar-refractivity contribution >= 4 is 11.6 Å². The van der Waals surface area contributed by atoms with Gasteiger partial charge in [0.05, 0.1) is 11.8 Å². The van der Waals surface area contributed by atoms with E-state index in [-0.39, 0.29) is 5.92 Å². The molecule has 0 saturated heterocycles. The first-order valence-electron chi connectivity index (χ1n) is 3.88. The van der Waals surface area contributed by atoms with Crippen LogP contribution in [-0.4, -0.2) is 15.1 Å². The highest BCUT2D eigenvalue weighted by Gasteiger charge is 2.30. The molecule has 0 aromatic carbocycles. The standard InChI is InChI=1S/C8H9ClN2O/c1-4-2-5(12)7-6(4)8(9)11-3-10-7/h3-5,12H,2H2,1H3/t4-,5+/m1/s1. The SMILES string of the molecule is C[C@@H]1C[C@H](O)c2ncnc(Cl)c21. The largest absolute Gasteiger partial charge is 0.387 e. The number of fused-ring (bicyclic) bond motifs is 1. The zero-order valence-corrected chi connectivity index (χ0v) is 7.41. The number of rotatable bonds is 0. The topological polar surface area (TPSA) is 46.0 Å². The van der Waals surface area contributed by atoms with Crippen LogP contribution in [0.2, 0.25) is 5.15 Å². The summed E-state index contributed by atoms with van der Waals surface area (Å²) >= 11 is 5.87. The smallest absolute Gasteiger partial charge is 0.136 e. The Hall–Kier alpha value is -0.670. The minimum atomic E-state index is -0.463. The molecule has 0 aliphatic heterocycles. The van der Waals surface area contributed by atoms with Gasteiger partial charge >= 0.3 is 0 Å². The van der Waals surface area contributed by atoms with Gasteiger partial charge in [-0.05, 0) is 12.3 Å². The van der Waals surface area contributed by atoms with E-state index in [1.807, 2.05) is 6.92 Å². The van der Waals surface area contributed by atoms with Crippen LogP contribution in [0.1, 0.15) is 36.6 Å². The fraction of sp³-hybridized carbons (Fsp3) is 0.500. The Balaban J connectivity index is 2.59. The Morgan fingerprint density at radius 2 is 2.33 bits per heavy atom. The number of aliphatic hydroxyl groups is 1. The fourth-order valence-electron chi connectivity index (χ4n) is 1.67. The molecule has 64 valence electrons. The molecule has 0 unspecified atom stereocenters. The summed E-state index contributed by atoms with van der Waals surface area (Å²) in [5, 5.41) is 10.0. The zero-order chi connectivity index (χ0) is 8.72. The summed E-state index contributed by atoms with van der Waals surface area (Å²) in [4.78, 5) is 7.88. The van der Waals surface area contributed by atoms with E-state index < -0.39 is 6.10 Å². The third kappa shape index (κ3) is 1.01. The molecule has 0 bridgehead atoms. The van der Waals surface area contributed by atoms with Gasteiger partial charge in [0.2, 0.25) is 0 Å². The monoisotopic (exact) mass is 184 g/mol. The van der Waals surface area contributed by atoms with Crippen molar-refractivity contribution in [3.8, 4) is 0 Å². The van der Waals surface area contributed by atoms with Gasteiger partial charge in [-0.3, -0.25) is 0 Å². The molecule has 1 aromatic heterocycles. The average molecular weight is 185 g/mol. The lowest BCUT2D eigenvalue weighted by atomic mass is 10.1. The number of hydrogen-bond donors (Lipinski definition) is 1. The van der Waals surface area contributed by atoms with Crippen molar-refractivity contribution in [1.29, 1.82) is 0 Å². The second-order valence-electron chi connectivity index (χ2n) is 3.12. The number of aliphatic hydroxyl groups excluding tert-OH is 1. The van der Waals surface area contributed by atoms with Crippen molar-refractivity contribution in [2.75, 3.05) is 0 Å². The van der Waals surface area contributed by atoms with E-state index >= 15 is 0 Å². The van der Waals surface area contributed by atoms with Crippen LogP contribution in [0.4, 0.5) is 0 Å². The van der Waals surface area contributed by atoms with Crippen LogP contribution in [0, 0.1) is 0 Å². The van der Waals surface area contributed by atoms with Gasteiger partial charge in [0.1, 0.15) is 11.5 Å². The molecular formula is C8H9ClN2O. The van der Waals surface area contributed by atoms with Crippen LogP contribution in [0.5, 0.6) is 0 Å². The molecule has 3 nitrogen and oxygen atoms in total. The summed E-state index contributed by atoms with van der Waals surface area (Å²) in [6, 6.07) is 0. The van der Waals surface area contributed by atoms with Crippen LogP contribution >= 0.6 is 11.6 Å². The van der Waals surface area contributed by atoms with Gasteiger partial charge in [-0.25, -0.2) is 9.97 Å². The molecule has 1 aliphatic rings. The molecule has 1 aromatic rings. The molecule has 2 atom stereocenters. The highest BCUT2D eigenvalue weighted by atomic mass is 35.5. The maximum Gasteiger partial charge on any atom is 0.136 e. The van der Waals surface area contributed by atoms with Crippen molar-refractivity contribution in [2.24, 2.45) is 0 Å². The lowest BCUT2D eigenvalue weighted by Crippen LogP contribution is -1.96. The highest BCUT2D eigenvalue weighted by Crippen LogP contribution is 2.40. The number of hydrogen-bond acceptors (Lipinski definition) is 3. The summed E-state index contributed by atoms with van der Waals surface area (Å²) in [5.74, 6) is 0.267. The summed E-state index contributed by atoms with van der Waals surface area (Å²) in [6.45, 7) is 2.02. The van der Waals surface area contributed by atoms with E-state index in [2.05, 4.69) is 9.97 Å². The predicted molar refractivity (Wildman–Crippen MR) is 45.0 cm³/mol. The van der Waals surface area contributed by atoms with Crippen LogP contribution in [-0.2, 0) is 0 Å². The summed E-state index contributed by atoms with van der Waals surface area (Å²) in [6.07, 6.45) is 1.63. The van der Waals surface area contributed by atoms with Crippen molar-refractivity contribution in [3.05, 3.63) is 22.7 Å². The van der Waals surface area contributed by atoms with Gasteiger partial charge in [0, 0.05) is 5.56 Å². The first kappa shape index (κ1) is 7.95. The Bertz CT molecular complexity index is 316. The van der Waals surface area contributed by atoms with E-state index in [0.29, 0.717) is 17.3 Å². The van der Waals surface area contributed by atoms with Gasteiger partial charge in [-0.2, -0.15) is 0 Å². The molecule has 1 aliphatic carbocycles. The predicted octanol–water partition coefficient (Wildman–Crippen LogP) is 1.67. The Labute approximate surface area is 75.4 Å². The molecule has 0 spiro atoms. The second-order valence-corrected chi connectivity index (χ2v) is 3.47. The minimum Gasteiger partial charge on any atom is -0.387 e. The van der Waals surface area contributed by atoms with Gasteiger partial charge in [-0.15, -0.1) is 0 Å². The van der Waals surface area contributed by atoms with Gasteiger partial charge in [-0.1, -0.05) is 18.5 Å². The molecule has 4 heteroatoms. The summed E-state index contributed by atoms with van der Waals surface area (Å²) in [5.41, 5.74) is 1.61. The minimum absolute atomic E-state index is 0.267. The van der Waals surface area contributed by atoms with E-state index in [1.54, 1.807) is 0 Å². The van der Waals surface area contributed by atoms with Crippen molar-refractivity contribution < 1.29 is 5.11 Å². The average Bonchev–Trinajstić information content (AvgIpc) is 2.29. The van der Waals surface area contributed by atoms with Crippen molar-refractivity contribution in [2.45, 2.75) is 25.4 Å². The van der Waals surface area contributed by atoms with Crippen LogP contribution < -0.4 is 0 Å². The lowest BCUT2D eigenvalue weighted by molar-refractivity contribution is 0.170. The molecule has 1 N–H and O–H groups in total. The van der Waals surface area contributed by atoms with Crippen molar-refractivity contribution in [1.82, 2.24) is 9.97 Å². The van der Waals surface area contributed by atoms with Crippen LogP contribution in [0.15, 0.2) is 6.33 Å². The second kappa shape index (κ2) is 2.68. The summed E-state index contributed by atoms with van der Waals surface area (Å²) < 4.78 is 0. The molecule has 1 heterocycles. The Kier molecular flexibility index (Phi) is 1.77. The molecule has 12 heavy (non-hydrogen) atoms. The van der Waals surface area contributed by atoms with Crippen LogP contribution in [0.3, 0.4) is 0 Å². The maximum atomic E-state index is 9.53. The first-order chi connectivity index (χ1) is 5.70. The van der Waals surface area contributed by atoms with E-state index in [4.69, 9.17) is 11.6 Å². The Morgan fingerprint density at radius 3 is 3.00 bits per heavy atom. The lowest BCUT2D eigenvalue weighted by Gasteiger charge is -2.03. The number of nitrogens with zero attached hydrogens (tertiary/aromatic N) is 2. The zero-order valence-electron chi connectivity index (χ0n) is 6.66. The normalized spacial score (nSPS) is 27.2. The van der Waals surface area contributed by atoms with Gasteiger partial charge in [0.15, 0.2) is 0 Å². The third-order valence-corrected chi connectivity index (χ3v) is 2.55. The molecule has 0 saturated carbocycles. The van der Waals surface area contributed by atoms with E-state index in [9.17, 15) is 5.11 Å².